The molecule has 1 N–H and O–H groups in total. The van der Waals surface area contributed by atoms with Crippen LogP contribution in [0.1, 0.15) is 0 Å². The predicted octanol–water partition coefficient (Wildman–Crippen LogP) is 3.57. The minimum atomic E-state index is -3.84. The molecule has 0 saturated carbocycles. The van der Waals surface area contributed by atoms with Gasteiger partial charge >= 0.3 is 0 Å². The molecule has 0 aliphatic heterocycles. The maximum atomic E-state index is 12.8. The second-order valence-electron chi connectivity index (χ2n) is 6.94. The van der Waals surface area contributed by atoms with Crippen LogP contribution in [0.3, 0.4) is 0 Å². The molecule has 0 unspecified atom stereocenters. The van der Waals surface area contributed by atoms with Crippen LogP contribution in [-0.4, -0.2) is 33.9 Å². The summed E-state index contributed by atoms with van der Waals surface area (Å²) < 4.78 is 54.8. The van der Waals surface area contributed by atoms with Crippen LogP contribution >= 0.6 is 0 Å². The molecule has 0 atom stereocenters. The van der Waals surface area contributed by atoms with Gasteiger partial charge in [-0.1, -0.05) is 30.3 Å². The molecule has 0 saturated heterocycles. The molecule has 0 fully saturated rings. The molecular formula is C23H19N4O4S2. The molecular weight excluding hydrogens is 460 g/mol. The first kappa shape index (κ1) is 22.4. The van der Waals surface area contributed by atoms with Crippen molar-refractivity contribution in [1.29, 1.82) is 0 Å². The second-order valence-corrected chi connectivity index (χ2v) is 10.5. The topological polar surface area (TPSA) is 109 Å². The van der Waals surface area contributed by atoms with Gasteiger partial charge in [0.15, 0.2) is 5.03 Å². The van der Waals surface area contributed by atoms with E-state index in [1.165, 1.54) is 37.8 Å². The first-order valence-corrected chi connectivity index (χ1v) is 12.7. The number of pyridine rings is 2. The lowest BCUT2D eigenvalue weighted by molar-refractivity contribution is 0.590. The smallest absolute Gasteiger partial charge is 0.279 e. The Morgan fingerprint density at radius 2 is 1.67 bits per heavy atom. The zero-order valence-corrected chi connectivity index (χ0v) is 19.1. The summed E-state index contributed by atoms with van der Waals surface area (Å²) in [7, 11) is -6.21. The Bertz CT molecular complexity index is 1460. The Morgan fingerprint density at radius 1 is 0.879 bits per heavy atom. The molecule has 4 aromatic rings. The number of hydrogen-bond donors (Lipinski definition) is 1. The minimum absolute atomic E-state index is 0.0384. The lowest BCUT2D eigenvalue weighted by Crippen LogP contribution is -2.27. The summed E-state index contributed by atoms with van der Waals surface area (Å²) in [6.45, 7) is 0. The highest BCUT2D eigenvalue weighted by Crippen LogP contribution is 2.31. The summed E-state index contributed by atoms with van der Waals surface area (Å²) in [6, 6.07) is 22.4. The highest BCUT2D eigenvalue weighted by Gasteiger charge is 2.22. The molecule has 0 amide bonds. The SMILES string of the molecule is CN(c1ccc(-c2[c]cccc2NS(=O)(=O)c2cccnc2)cc1)S(=O)(=O)c1ccccn1. The molecule has 0 spiro atoms. The van der Waals surface area contributed by atoms with Gasteiger partial charge in [-0.3, -0.25) is 14.0 Å². The molecule has 10 heteroatoms. The fourth-order valence-electron chi connectivity index (χ4n) is 3.09. The quantitative estimate of drug-likeness (QED) is 0.434. The van der Waals surface area contributed by atoms with Gasteiger partial charge in [0.1, 0.15) is 4.90 Å². The van der Waals surface area contributed by atoms with Crippen LogP contribution in [0.15, 0.2) is 101 Å². The summed E-state index contributed by atoms with van der Waals surface area (Å²) in [5, 5.41) is -0.0555. The average molecular weight is 480 g/mol. The Balaban J connectivity index is 1.63. The van der Waals surface area contributed by atoms with E-state index in [-0.39, 0.29) is 9.92 Å². The van der Waals surface area contributed by atoms with Crippen LogP contribution < -0.4 is 9.03 Å². The third-order valence-corrected chi connectivity index (χ3v) is 7.88. The fraction of sp³-hybridized carbons (Fsp3) is 0.0435. The van der Waals surface area contributed by atoms with Crippen LogP contribution in [0.5, 0.6) is 0 Å². The molecule has 2 heterocycles. The molecule has 8 nitrogen and oxygen atoms in total. The Labute approximate surface area is 192 Å². The van der Waals surface area contributed by atoms with E-state index < -0.39 is 20.0 Å². The molecule has 1 radical (unpaired) electrons. The van der Waals surface area contributed by atoms with Crippen LogP contribution in [0.2, 0.25) is 0 Å². The van der Waals surface area contributed by atoms with E-state index in [2.05, 4.69) is 20.8 Å². The van der Waals surface area contributed by atoms with Crippen molar-refractivity contribution in [1.82, 2.24) is 9.97 Å². The number of nitrogens with one attached hydrogen (secondary N) is 1. The maximum absolute atomic E-state index is 12.8. The Morgan fingerprint density at radius 3 is 2.33 bits per heavy atom. The first-order valence-electron chi connectivity index (χ1n) is 9.73. The van der Waals surface area contributed by atoms with Crippen molar-refractivity contribution < 1.29 is 16.8 Å². The molecule has 2 aromatic heterocycles. The third-order valence-electron chi connectivity index (χ3n) is 4.83. The summed E-state index contributed by atoms with van der Waals surface area (Å²) >= 11 is 0. The predicted molar refractivity (Wildman–Crippen MR) is 126 cm³/mol. The van der Waals surface area contributed by atoms with Gasteiger partial charge in [-0.05, 0) is 54.1 Å². The van der Waals surface area contributed by atoms with Gasteiger partial charge in [0.25, 0.3) is 20.0 Å². The molecule has 2 aromatic carbocycles. The van der Waals surface area contributed by atoms with E-state index in [1.54, 1.807) is 60.7 Å². The number of benzene rings is 2. The maximum Gasteiger partial charge on any atom is 0.281 e. The number of rotatable bonds is 7. The summed E-state index contributed by atoms with van der Waals surface area (Å²) in [6.07, 6.45) is 4.18. The average Bonchev–Trinajstić information content (AvgIpc) is 2.85. The van der Waals surface area contributed by atoms with Gasteiger partial charge in [-0.15, -0.1) is 0 Å². The number of hydrogen-bond acceptors (Lipinski definition) is 6. The number of nitrogens with zero attached hydrogens (tertiary/aromatic N) is 3. The van der Waals surface area contributed by atoms with E-state index in [0.717, 1.165) is 4.31 Å². The van der Waals surface area contributed by atoms with Crippen molar-refractivity contribution in [2.45, 2.75) is 9.92 Å². The van der Waals surface area contributed by atoms with Crippen molar-refractivity contribution >= 4 is 31.4 Å². The standard InChI is InChI=1S/C23H19N4O4S2/c1-27(33(30,31)23-10-4-5-16-25-23)19-13-11-18(12-14-19)21-8-2-3-9-22(21)26-32(28,29)20-7-6-15-24-17-20/h2-7,9-17,26H,1H3. The van der Waals surface area contributed by atoms with Crippen molar-refractivity contribution in [2.75, 3.05) is 16.1 Å². The van der Waals surface area contributed by atoms with Crippen molar-refractivity contribution in [3.05, 3.63) is 97.5 Å². The molecule has 0 aliphatic rings. The van der Waals surface area contributed by atoms with E-state index in [9.17, 15) is 16.8 Å². The fourth-order valence-corrected chi connectivity index (χ4v) is 5.25. The second kappa shape index (κ2) is 9.00. The Kier molecular flexibility index (Phi) is 6.12. The number of sulfonamides is 2. The van der Waals surface area contributed by atoms with Crippen LogP contribution in [0, 0.1) is 6.07 Å². The van der Waals surface area contributed by atoms with Crippen LogP contribution in [0.25, 0.3) is 11.1 Å². The third kappa shape index (κ3) is 4.71. The van der Waals surface area contributed by atoms with Crippen molar-refractivity contribution in [3.63, 3.8) is 0 Å². The van der Waals surface area contributed by atoms with Gasteiger partial charge in [-0.25, -0.2) is 13.4 Å². The van der Waals surface area contributed by atoms with Gasteiger partial charge in [0, 0.05) is 31.2 Å². The molecule has 0 aliphatic carbocycles. The lowest BCUT2D eigenvalue weighted by Gasteiger charge is -2.19. The van der Waals surface area contributed by atoms with Gasteiger partial charge in [-0.2, -0.15) is 8.42 Å². The molecule has 33 heavy (non-hydrogen) atoms. The summed E-state index contributed by atoms with van der Waals surface area (Å²) in [4.78, 5) is 7.82. The van der Waals surface area contributed by atoms with E-state index in [0.29, 0.717) is 22.5 Å². The van der Waals surface area contributed by atoms with E-state index >= 15 is 0 Å². The van der Waals surface area contributed by atoms with Crippen LogP contribution in [-0.2, 0) is 20.0 Å². The van der Waals surface area contributed by atoms with Gasteiger partial charge in [0.2, 0.25) is 0 Å². The van der Waals surface area contributed by atoms with E-state index in [4.69, 9.17) is 0 Å². The minimum Gasteiger partial charge on any atom is -0.279 e. The lowest BCUT2D eigenvalue weighted by atomic mass is 10.0. The van der Waals surface area contributed by atoms with Crippen molar-refractivity contribution in [2.24, 2.45) is 0 Å². The molecule has 0 bridgehead atoms. The van der Waals surface area contributed by atoms with Gasteiger partial charge in [0.05, 0.1) is 11.4 Å². The zero-order chi connectivity index (χ0) is 23.5. The normalized spacial score (nSPS) is 11.7. The van der Waals surface area contributed by atoms with Crippen LogP contribution in [0.4, 0.5) is 11.4 Å². The Hall–Kier alpha value is -3.76. The monoisotopic (exact) mass is 479 g/mol. The molecule has 4 rings (SSSR count). The zero-order valence-electron chi connectivity index (χ0n) is 17.5. The summed E-state index contributed by atoms with van der Waals surface area (Å²) in [5.41, 5.74) is 1.94. The summed E-state index contributed by atoms with van der Waals surface area (Å²) in [5.74, 6) is 0. The van der Waals surface area contributed by atoms with Gasteiger partial charge < -0.3 is 0 Å². The highest BCUT2D eigenvalue weighted by atomic mass is 32.2. The largest absolute Gasteiger partial charge is 0.281 e. The van der Waals surface area contributed by atoms with E-state index in [1.807, 2.05) is 0 Å². The first-order chi connectivity index (χ1) is 15.8. The number of anilines is 2. The molecule has 167 valence electrons. The highest BCUT2D eigenvalue weighted by molar-refractivity contribution is 7.93. The number of aromatic nitrogens is 2. The van der Waals surface area contributed by atoms with Crippen molar-refractivity contribution in [3.8, 4) is 11.1 Å².